The minimum atomic E-state index is -0.366. The minimum Gasteiger partial charge on any atom is -0.315 e. The molecule has 1 aromatic rings. The van der Waals surface area contributed by atoms with E-state index in [1.807, 2.05) is 0 Å². The van der Waals surface area contributed by atoms with Gasteiger partial charge in [0, 0.05) is 18.8 Å². The van der Waals surface area contributed by atoms with E-state index in [0.717, 1.165) is 12.8 Å². The van der Waals surface area contributed by atoms with Crippen molar-refractivity contribution in [2.24, 2.45) is 5.10 Å². The lowest BCUT2D eigenvalue weighted by Crippen LogP contribution is -2.24. The third kappa shape index (κ3) is 8.14. The van der Waals surface area contributed by atoms with Gasteiger partial charge in [-0.3, -0.25) is 14.6 Å². The molecule has 0 aliphatic carbocycles. The summed E-state index contributed by atoms with van der Waals surface area (Å²) in [6, 6.07) is 3.30. The van der Waals surface area contributed by atoms with Gasteiger partial charge in [0.05, 0.1) is 5.56 Å². The molecular formula is C16H24N4O2. The van der Waals surface area contributed by atoms with E-state index in [0.29, 0.717) is 12.0 Å². The molecule has 0 unspecified atom stereocenters. The molecule has 6 heteroatoms. The second-order valence-corrected chi connectivity index (χ2v) is 5.03. The van der Waals surface area contributed by atoms with Gasteiger partial charge in [0.15, 0.2) is 0 Å². The van der Waals surface area contributed by atoms with Crippen molar-refractivity contribution < 1.29 is 9.59 Å². The fraction of sp³-hybridized carbons (Fsp3) is 0.500. The Hall–Kier alpha value is -2.24. The second-order valence-electron chi connectivity index (χ2n) is 5.03. The number of nitrogens with zero attached hydrogens (tertiary/aromatic N) is 2. The number of carbonyl (C=O) groups is 2. The number of amides is 2. The Bertz CT molecular complexity index is 474. The van der Waals surface area contributed by atoms with Crippen molar-refractivity contribution >= 4 is 18.2 Å². The van der Waals surface area contributed by atoms with Gasteiger partial charge in [0.1, 0.15) is 6.34 Å². The molecular weight excluding hydrogens is 280 g/mol. The van der Waals surface area contributed by atoms with E-state index in [9.17, 15) is 9.59 Å². The Balaban J connectivity index is 2.09. The monoisotopic (exact) mass is 304 g/mol. The van der Waals surface area contributed by atoms with Gasteiger partial charge < -0.3 is 5.32 Å². The highest BCUT2D eigenvalue weighted by Crippen LogP contribution is 2.06. The average molecular weight is 304 g/mol. The number of aromatic nitrogens is 1. The van der Waals surface area contributed by atoms with Crippen LogP contribution in [0.2, 0.25) is 0 Å². The highest BCUT2D eigenvalue weighted by Gasteiger charge is 2.02. The Morgan fingerprint density at radius 2 is 2.00 bits per heavy atom. The lowest BCUT2D eigenvalue weighted by atomic mass is 10.1. The Labute approximate surface area is 131 Å². The van der Waals surface area contributed by atoms with Crippen LogP contribution >= 0.6 is 0 Å². The summed E-state index contributed by atoms with van der Waals surface area (Å²) in [6.07, 6.45) is 11.6. The molecule has 1 rings (SSSR count). The summed E-state index contributed by atoms with van der Waals surface area (Å²) in [5, 5.41) is 6.20. The van der Waals surface area contributed by atoms with E-state index in [1.54, 1.807) is 18.3 Å². The van der Waals surface area contributed by atoms with Crippen LogP contribution in [0.3, 0.4) is 0 Å². The van der Waals surface area contributed by atoms with Gasteiger partial charge in [0.25, 0.3) is 5.91 Å². The maximum absolute atomic E-state index is 11.6. The van der Waals surface area contributed by atoms with Crippen molar-refractivity contribution in [3.63, 3.8) is 0 Å². The van der Waals surface area contributed by atoms with Crippen molar-refractivity contribution in [3.8, 4) is 0 Å². The summed E-state index contributed by atoms with van der Waals surface area (Å²) >= 11 is 0. The van der Waals surface area contributed by atoms with Gasteiger partial charge in [-0.2, -0.15) is 5.10 Å². The molecule has 2 N–H and O–H groups in total. The van der Waals surface area contributed by atoms with E-state index in [4.69, 9.17) is 0 Å². The van der Waals surface area contributed by atoms with Crippen molar-refractivity contribution in [1.29, 1.82) is 0 Å². The maximum Gasteiger partial charge on any atom is 0.272 e. The van der Waals surface area contributed by atoms with Crippen LogP contribution in [-0.4, -0.2) is 23.1 Å². The molecule has 0 aliphatic rings. The molecule has 0 saturated carbocycles. The second kappa shape index (κ2) is 11.4. The summed E-state index contributed by atoms with van der Waals surface area (Å²) < 4.78 is 0. The predicted molar refractivity (Wildman–Crippen MR) is 86.3 cm³/mol. The zero-order chi connectivity index (χ0) is 16.0. The first-order valence-electron chi connectivity index (χ1n) is 7.75. The molecule has 0 radical (unpaired) electrons. The normalized spacial score (nSPS) is 10.6. The number of hydrogen-bond acceptors (Lipinski definition) is 4. The first-order valence-corrected chi connectivity index (χ1v) is 7.75. The third-order valence-electron chi connectivity index (χ3n) is 3.14. The Morgan fingerprint density at radius 1 is 1.23 bits per heavy atom. The number of hydrazone groups is 1. The first kappa shape index (κ1) is 17.8. The molecule has 0 atom stereocenters. The molecule has 1 aromatic heterocycles. The van der Waals surface area contributed by atoms with Crippen molar-refractivity contribution in [3.05, 3.63) is 30.1 Å². The summed E-state index contributed by atoms with van der Waals surface area (Å²) in [4.78, 5) is 27.0. The van der Waals surface area contributed by atoms with E-state index >= 15 is 0 Å². The molecule has 0 spiro atoms. The molecule has 0 bridgehead atoms. The smallest absolute Gasteiger partial charge is 0.272 e. The quantitative estimate of drug-likeness (QED) is 0.302. The van der Waals surface area contributed by atoms with Crippen LogP contribution in [0.5, 0.6) is 0 Å². The van der Waals surface area contributed by atoms with Crippen LogP contribution in [-0.2, 0) is 4.79 Å². The van der Waals surface area contributed by atoms with E-state index in [1.165, 1.54) is 38.2 Å². The van der Waals surface area contributed by atoms with Crippen LogP contribution in [0.1, 0.15) is 62.2 Å². The summed E-state index contributed by atoms with van der Waals surface area (Å²) in [5.41, 5.74) is 2.74. The molecule has 6 nitrogen and oxygen atoms in total. The highest BCUT2D eigenvalue weighted by atomic mass is 16.2. The van der Waals surface area contributed by atoms with Crippen molar-refractivity contribution in [1.82, 2.24) is 15.7 Å². The number of pyridine rings is 1. The molecule has 120 valence electrons. The number of rotatable bonds is 10. The summed E-state index contributed by atoms with van der Waals surface area (Å²) in [7, 11) is 0. The zero-order valence-corrected chi connectivity index (χ0v) is 13.0. The Morgan fingerprint density at radius 3 is 2.73 bits per heavy atom. The van der Waals surface area contributed by atoms with Crippen LogP contribution in [0.15, 0.2) is 29.6 Å². The lowest BCUT2D eigenvalue weighted by Gasteiger charge is -2.01. The van der Waals surface area contributed by atoms with E-state index < -0.39 is 0 Å². The fourth-order valence-corrected chi connectivity index (χ4v) is 1.89. The molecule has 0 fully saturated rings. The van der Waals surface area contributed by atoms with Gasteiger partial charge in [-0.05, 0) is 18.6 Å². The zero-order valence-electron chi connectivity index (χ0n) is 13.0. The maximum atomic E-state index is 11.6. The van der Waals surface area contributed by atoms with E-state index in [-0.39, 0.29) is 11.8 Å². The first-order chi connectivity index (χ1) is 10.7. The molecule has 0 aromatic carbocycles. The van der Waals surface area contributed by atoms with Crippen LogP contribution < -0.4 is 10.7 Å². The molecule has 0 aliphatic heterocycles. The van der Waals surface area contributed by atoms with Crippen LogP contribution in [0, 0.1) is 0 Å². The van der Waals surface area contributed by atoms with Crippen LogP contribution in [0.25, 0.3) is 0 Å². The lowest BCUT2D eigenvalue weighted by molar-refractivity contribution is -0.119. The predicted octanol–water partition coefficient (Wildman–Crippen LogP) is 2.62. The minimum absolute atomic E-state index is 0.0881. The summed E-state index contributed by atoms with van der Waals surface area (Å²) in [5.74, 6) is -0.454. The van der Waals surface area contributed by atoms with Gasteiger partial charge in [0.2, 0.25) is 5.91 Å². The van der Waals surface area contributed by atoms with Gasteiger partial charge in [-0.1, -0.05) is 39.0 Å². The van der Waals surface area contributed by atoms with Gasteiger partial charge >= 0.3 is 0 Å². The average Bonchev–Trinajstić information content (AvgIpc) is 2.55. The third-order valence-corrected chi connectivity index (χ3v) is 3.14. The number of carbonyl (C=O) groups excluding carboxylic acids is 2. The summed E-state index contributed by atoms with van der Waals surface area (Å²) in [6.45, 7) is 2.18. The van der Waals surface area contributed by atoms with Gasteiger partial charge in [-0.25, -0.2) is 5.43 Å². The topological polar surface area (TPSA) is 83.5 Å². The number of nitrogens with one attached hydrogen (secondary N) is 2. The van der Waals surface area contributed by atoms with E-state index in [2.05, 4.69) is 27.8 Å². The Kier molecular flexibility index (Phi) is 9.25. The SMILES string of the molecule is CCCCCCCCC(=O)N/C=N/NC(=O)c1cccnc1. The number of unbranched alkanes of at least 4 members (excludes halogenated alkanes) is 5. The number of hydrogen-bond donors (Lipinski definition) is 2. The molecule has 22 heavy (non-hydrogen) atoms. The van der Waals surface area contributed by atoms with Crippen LogP contribution in [0.4, 0.5) is 0 Å². The highest BCUT2D eigenvalue weighted by molar-refractivity contribution is 5.94. The largest absolute Gasteiger partial charge is 0.315 e. The van der Waals surface area contributed by atoms with Crippen molar-refractivity contribution in [2.75, 3.05) is 0 Å². The standard InChI is InChI=1S/C16H24N4O2/c1-2-3-4-5-6-7-10-15(21)18-13-19-20-16(22)14-9-8-11-17-12-14/h8-9,11-13H,2-7,10H2,1H3,(H,20,22)(H,18,19,21). The molecule has 0 saturated heterocycles. The fourth-order valence-electron chi connectivity index (χ4n) is 1.89. The molecule has 2 amide bonds. The van der Waals surface area contributed by atoms with Crippen molar-refractivity contribution in [2.45, 2.75) is 51.9 Å². The van der Waals surface area contributed by atoms with Gasteiger partial charge in [-0.15, -0.1) is 0 Å². The molecule has 1 heterocycles.